The third kappa shape index (κ3) is 3.27. The van der Waals surface area contributed by atoms with Crippen molar-refractivity contribution in [2.45, 2.75) is 19.3 Å². The molecule has 1 aromatic rings. The van der Waals surface area contributed by atoms with Crippen molar-refractivity contribution in [3.05, 3.63) is 27.7 Å². The van der Waals surface area contributed by atoms with Crippen molar-refractivity contribution in [1.29, 1.82) is 0 Å². The molecule has 0 aliphatic heterocycles. The van der Waals surface area contributed by atoms with Gasteiger partial charge in [-0.25, -0.2) is 4.79 Å². The molecule has 2 N–H and O–H groups in total. The number of halogens is 2. The van der Waals surface area contributed by atoms with Gasteiger partial charge in [0.15, 0.2) is 0 Å². The van der Waals surface area contributed by atoms with E-state index in [9.17, 15) is 4.79 Å². The summed E-state index contributed by atoms with van der Waals surface area (Å²) in [6, 6.07) is 2.95. The average molecular weight is 274 g/mol. The lowest BCUT2D eigenvalue weighted by atomic mass is 10.2. The van der Waals surface area contributed by atoms with E-state index >= 15 is 0 Å². The fraction of sp³-hybridized carbons (Fsp3) is 0.417. The Labute approximate surface area is 110 Å². The summed E-state index contributed by atoms with van der Waals surface area (Å²) in [5.41, 5.74) is 6.25. The van der Waals surface area contributed by atoms with E-state index in [0.29, 0.717) is 12.2 Å². The van der Waals surface area contributed by atoms with E-state index < -0.39 is 5.97 Å². The van der Waals surface area contributed by atoms with Crippen LogP contribution < -0.4 is 5.73 Å². The molecule has 1 aliphatic carbocycles. The zero-order valence-corrected chi connectivity index (χ0v) is 10.7. The molecule has 0 saturated heterocycles. The molecule has 0 atom stereocenters. The van der Waals surface area contributed by atoms with Crippen molar-refractivity contribution in [2.75, 3.05) is 12.3 Å². The maximum Gasteiger partial charge on any atom is 0.338 e. The Hall–Kier alpha value is -0.930. The second-order valence-electron chi connectivity index (χ2n) is 4.23. The van der Waals surface area contributed by atoms with Gasteiger partial charge in [-0.1, -0.05) is 36.0 Å². The molecular formula is C12H13Cl2NO2. The van der Waals surface area contributed by atoms with E-state index in [2.05, 4.69) is 0 Å². The molecule has 0 bridgehead atoms. The molecule has 0 spiro atoms. The topological polar surface area (TPSA) is 52.3 Å². The fourth-order valence-electron chi connectivity index (χ4n) is 1.54. The average Bonchev–Trinajstić information content (AvgIpc) is 3.09. The first-order valence-corrected chi connectivity index (χ1v) is 6.25. The van der Waals surface area contributed by atoms with Crippen LogP contribution >= 0.6 is 23.2 Å². The van der Waals surface area contributed by atoms with E-state index in [1.54, 1.807) is 0 Å². The molecule has 1 aliphatic rings. The lowest BCUT2D eigenvalue weighted by molar-refractivity contribution is 0.0495. The highest BCUT2D eigenvalue weighted by atomic mass is 35.5. The highest BCUT2D eigenvalue weighted by Gasteiger charge is 2.21. The number of esters is 1. The van der Waals surface area contributed by atoms with Gasteiger partial charge >= 0.3 is 5.97 Å². The largest absolute Gasteiger partial charge is 0.462 e. The summed E-state index contributed by atoms with van der Waals surface area (Å²) in [6.45, 7) is 0.448. The molecular weight excluding hydrogens is 261 g/mol. The molecule has 1 fully saturated rings. The van der Waals surface area contributed by atoms with E-state index in [1.807, 2.05) is 0 Å². The van der Waals surface area contributed by atoms with Crippen LogP contribution in [0.4, 0.5) is 5.69 Å². The summed E-state index contributed by atoms with van der Waals surface area (Å²) in [6.07, 6.45) is 3.43. The lowest BCUT2D eigenvalue weighted by Gasteiger charge is -2.07. The zero-order valence-electron chi connectivity index (χ0n) is 9.21. The van der Waals surface area contributed by atoms with Crippen LogP contribution in [0, 0.1) is 5.92 Å². The summed E-state index contributed by atoms with van der Waals surface area (Å²) in [5, 5.41) is 0.530. The summed E-state index contributed by atoms with van der Waals surface area (Å²) in [5.74, 6) is 0.331. The van der Waals surface area contributed by atoms with Crippen LogP contribution in [0.3, 0.4) is 0 Å². The smallest absolute Gasteiger partial charge is 0.338 e. The first-order chi connectivity index (χ1) is 8.08. The Morgan fingerprint density at radius 2 is 2.12 bits per heavy atom. The number of hydrogen-bond acceptors (Lipinski definition) is 3. The van der Waals surface area contributed by atoms with Gasteiger partial charge in [0.2, 0.25) is 0 Å². The third-order valence-electron chi connectivity index (χ3n) is 2.75. The van der Waals surface area contributed by atoms with Crippen LogP contribution in [-0.2, 0) is 4.74 Å². The van der Waals surface area contributed by atoms with Crippen LogP contribution in [0.25, 0.3) is 0 Å². The van der Waals surface area contributed by atoms with Gasteiger partial charge in [0.05, 0.1) is 27.9 Å². The van der Waals surface area contributed by atoms with Crippen molar-refractivity contribution in [1.82, 2.24) is 0 Å². The molecule has 0 aromatic heterocycles. The Morgan fingerprint density at radius 3 is 2.71 bits per heavy atom. The molecule has 0 radical (unpaired) electrons. The summed E-state index contributed by atoms with van der Waals surface area (Å²) < 4.78 is 5.13. The van der Waals surface area contributed by atoms with Crippen molar-refractivity contribution >= 4 is 34.9 Å². The fourth-order valence-corrected chi connectivity index (χ4v) is 1.87. The van der Waals surface area contributed by atoms with Crippen LogP contribution in [0.5, 0.6) is 0 Å². The Kier molecular flexibility index (Phi) is 3.79. The van der Waals surface area contributed by atoms with Gasteiger partial charge in [-0.3, -0.25) is 0 Å². The van der Waals surface area contributed by atoms with Crippen molar-refractivity contribution in [3.8, 4) is 0 Å². The monoisotopic (exact) mass is 273 g/mol. The maximum atomic E-state index is 11.7. The molecule has 92 valence electrons. The number of nitrogens with two attached hydrogens (primary N) is 1. The van der Waals surface area contributed by atoms with E-state index in [0.717, 1.165) is 12.3 Å². The molecule has 3 nitrogen and oxygen atoms in total. The van der Waals surface area contributed by atoms with Crippen molar-refractivity contribution in [2.24, 2.45) is 5.92 Å². The van der Waals surface area contributed by atoms with Crippen LogP contribution in [0.2, 0.25) is 10.0 Å². The van der Waals surface area contributed by atoms with Gasteiger partial charge in [-0.2, -0.15) is 0 Å². The predicted molar refractivity (Wildman–Crippen MR) is 68.5 cm³/mol. The standard InChI is InChI=1S/C12H13Cl2NO2/c13-9-5-8(6-10(15)11(9)14)12(16)17-4-3-7-1-2-7/h5-7H,1-4,15H2. The Bertz CT molecular complexity index is 421. The number of anilines is 1. The summed E-state index contributed by atoms with van der Waals surface area (Å²) in [4.78, 5) is 11.7. The third-order valence-corrected chi connectivity index (χ3v) is 3.56. The minimum atomic E-state index is -0.407. The lowest BCUT2D eigenvalue weighted by Crippen LogP contribution is -2.07. The van der Waals surface area contributed by atoms with Gasteiger partial charge in [-0.05, 0) is 24.5 Å². The molecule has 0 unspecified atom stereocenters. The Morgan fingerprint density at radius 1 is 1.41 bits per heavy atom. The number of carbonyl (C=O) groups excluding carboxylic acids is 1. The minimum absolute atomic E-state index is 0.265. The van der Waals surface area contributed by atoms with E-state index in [-0.39, 0.29) is 15.7 Å². The molecule has 5 heteroatoms. The molecule has 1 aromatic carbocycles. The molecule has 0 amide bonds. The van der Waals surface area contributed by atoms with Gasteiger partial charge < -0.3 is 10.5 Å². The molecule has 1 saturated carbocycles. The van der Waals surface area contributed by atoms with Crippen molar-refractivity contribution < 1.29 is 9.53 Å². The molecule has 17 heavy (non-hydrogen) atoms. The summed E-state index contributed by atoms with van der Waals surface area (Å²) >= 11 is 11.6. The van der Waals surface area contributed by atoms with Crippen LogP contribution in [0.15, 0.2) is 12.1 Å². The SMILES string of the molecule is Nc1cc(C(=O)OCCC2CC2)cc(Cl)c1Cl. The number of benzene rings is 1. The number of ether oxygens (including phenoxy) is 1. The van der Waals surface area contributed by atoms with Gasteiger partial charge in [0, 0.05) is 0 Å². The van der Waals surface area contributed by atoms with Crippen molar-refractivity contribution in [3.63, 3.8) is 0 Å². The quantitative estimate of drug-likeness (QED) is 0.675. The second kappa shape index (κ2) is 5.15. The minimum Gasteiger partial charge on any atom is -0.462 e. The second-order valence-corrected chi connectivity index (χ2v) is 5.01. The van der Waals surface area contributed by atoms with Crippen LogP contribution in [-0.4, -0.2) is 12.6 Å². The zero-order chi connectivity index (χ0) is 12.4. The van der Waals surface area contributed by atoms with E-state index in [1.165, 1.54) is 25.0 Å². The Balaban J connectivity index is 1.97. The highest BCUT2D eigenvalue weighted by Crippen LogP contribution is 2.32. The van der Waals surface area contributed by atoms with Gasteiger partial charge in [-0.15, -0.1) is 0 Å². The van der Waals surface area contributed by atoms with Crippen LogP contribution in [0.1, 0.15) is 29.6 Å². The number of nitrogen functional groups attached to an aromatic ring is 1. The van der Waals surface area contributed by atoms with Gasteiger partial charge in [0.25, 0.3) is 0 Å². The molecule has 0 heterocycles. The first-order valence-electron chi connectivity index (χ1n) is 5.49. The predicted octanol–water partition coefficient (Wildman–Crippen LogP) is 3.53. The highest BCUT2D eigenvalue weighted by molar-refractivity contribution is 6.43. The normalized spacial score (nSPS) is 14.7. The number of hydrogen-bond donors (Lipinski definition) is 1. The maximum absolute atomic E-state index is 11.7. The molecule has 2 rings (SSSR count). The van der Waals surface area contributed by atoms with Gasteiger partial charge in [0.1, 0.15) is 0 Å². The number of rotatable bonds is 4. The van der Waals surface area contributed by atoms with E-state index in [4.69, 9.17) is 33.7 Å². The summed E-state index contributed by atoms with van der Waals surface area (Å²) in [7, 11) is 0. The number of carbonyl (C=O) groups is 1. The first kappa shape index (κ1) is 12.5.